The molecule has 0 saturated heterocycles. The summed E-state index contributed by atoms with van der Waals surface area (Å²) >= 11 is 0. The van der Waals surface area contributed by atoms with Crippen LogP contribution in [0.5, 0.6) is 5.75 Å². The van der Waals surface area contributed by atoms with Gasteiger partial charge in [0.05, 0.1) is 7.11 Å². The van der Waals surface area contributed by atoms with Gasteiger partial charge in [-0.15, -0.1) is 0 Å². The van der Waals surface area contributed by atoms with E-state index in [0.717, 1.165) is 18.8 Å². The molecule has 0 radical (unpaired) electrons. The SMILES string of the molecule is COc1ccc2c(c1)C(c1ccccc1)CN(C)C2. The van der Waals surface area contributed by atoms with E-state index in [-0.39, 0.29) is 0 Å². The number of nitrogens with zero attached hydrogens (tertiary/aromatic N) is 1. The van der Waals surface area contributed by atoms with Crippen molar-refractivity contribution in [3.05, 3.63) is 65.2 Å². The fourth-order valence-electron chi connectivity index (χ4n) is 2.90. The van der Waals surface area contributed by atoms with Crippen LogP contribution in [0.3, 0.4) is 0 Å². The van der Waals surface area contributed by atoms with Crippen molar-refractivity contribution in [2.75, 3.05) is 20.7 Å². The molecule has 2 nitrogen and oxygen atoms in total. The molecule has 0 aromatic heterocycles. The minimum Gasteiger partial charge on any atom is -0.497 e. The topological polar surface area (TPSA) is 12.5 Å². The summed E-state index contributed by atoms with van der Waals surface area (Å²) in [7, 11) is 3.91. The fourth-order valence-corrected chi connectivity index (χ4v) is 2.90. The van der Waals surface area contributed by atoms with Crippen LogP contribution in [0, 0.1) is 0 Å². The third-order valence-electron chi connectivity index (χ3n) is 3.86. The van der Waals surface area contributed by atoms with Crippen LogP contribution in [-0.2, 0) is 6.54 Å². The third kappa shape index (κ3) is 2.36. The van der Waals surface area contributed by atoms with Gasteiger partial charge in [-0.2, -0.15) is 0 Å². The molecule has 2 aromatic rings. The molecule has 1 aliphatic rings. The second-order valence-corrected chi connectivity index (χ2v) is 5.22. The number of ether oxygens (including phenoxy) is 1. The highest BCUT2D eigenvalue weighted by atomic mass is 16.5. The number of hydrogen-bond donors (Lipinski definition) is 0. The van der Waals surface area contributed by atoms with E-state index in [0.29, 0.717) is 5.92 Å². The lowest BCUT2D eigenvalue weighted by atomic mass is 9.85. The predicted molar refractivity (Wildman–Crippen MR) is 77.6 cm³/mol. The van der Waals surface area contributed by atoms with Crippen LogP contribution in [0.4, 0.5) is 0 Å². The summed E-state index contributed by atoms with van der Waals surface area (Å²) in [6.45, 7) is 2.08. The van der Waals surface area contributed by atoms with Crippen LogP contribution in [0.15, 0.2) is 48.5 Å². The molecule has 1 unspecified atom stereocenters. The quantitative estimate of drug-likeness (QED) is 0.814. The van der Waals surface area contributed by atoms with Crippen LogP contribution in [-0.4, -0.2) is 25.6 Å². The highest BCUT2D eigenvalue weighted by molar-refractivity contribution is 5.44. The van der Waals surface area contributed by atoms with E-state index in [2.05, 4.69) is 60.5 Å². The Kier molecular flexibility index (Phi) is 3.26. The lowest BCUT2D eigenvalue weighted by Crippen LogP contribution is -2.30. The number of rotatable bonds is 2. The van der Waals surface area contributed by atoms with Crippen LogP contribution >= 0.6 is 0 Å². The highest BCUT2D eigenvalue weighted by Crippen LogP contribution is 2.34. The highest BCUT2D eigenvalue weighted by Gasteiger charge is 2.24. The summed E-state index contributed by atoms with van der Waals surface area (Å²) in [5.41, 5.74) is 4.19. The maximum Gasteiger partial charge on any atom is 0.119 e. The largest absolute Gasteiger partial charge is 0.497 e. The van der Waals surface area contributed by atoms with Crippen molar-refractivity contribution in [2.45, 2.75) is 12.5 Å². The van der Waals surface area contributed by atoms with Gasteiger partial charge in [0.25, 0.3) is 0 Å². The van der Waals surface area contributed by atoms with E-state index < -0.39 is 0 Å². The first-order valence-electron chi connectivity index (χ1n) is 6.68. The third-order valence-corrected chi connectivity index (χ3v) is 3.86. The minimum absolute atomic E-state index is 0.435. The summed E-state index contributed by atoms with van der Waals surface area (Å²) < 4.78 is 5.38. The predicted octanol–water partition coefficient (Wildman–Crippen LogP) is 3.27. The lowest BCUT2D eigenvalue weighted by Gasteiger charge is -2.32. The number of methoxy groups -OCH3 is 1. The molecule has 0 spiro atoms. The maximum atomic E-state index is 5.38. The molecule has 1 atom stereocenters. The molecule has 19 heavy (non-hydrogen) atoms. The zero-order valence-corrected chi connectivity index (χ0v) is 11.5. The standard InChI is InChI=1S/C17H19NO/c1-18-11-14-8-9-15(19-2)10-16(14)17(12-18)13-6-4-3-5-7-13/h3-10,17H,11-12H2,1-2H3. The van der Waals surface area contributed by atoms with E-state index in [1.54, 1.807) is 7.11 Å². The maximum absolute atomic E-state index is 5.38. The van der Waals surface area contributed by atoms with Crippen LogP contribution in [0.2, 0.25) is 0 Å². The Morgan fingerprint density at radius 3 is 2.63 bits per heavy atom. The second-order valence-electron chi connectivity index (χ2n) is 5.22. The van der Waals surface area contributed by atoms with Gasteiger partial charge in [0, 0.05) is 19.0 Å². The Balaban J connectivity index is 2.07. The summed E-state index contributed by atoms with van der Waals surface area (Å²) in [4.78, 5) is 2.38. The number of hydrogen-bond acceptors (Lipinski definition) is 2. The number of fused-ring (bicyclic) bond motifs is 1. The first-order chi connectivity index (χ1) is 9.28. The van der Waals surface area contributed by atoms with Gasteiger partial charge in [0.2, 0.25) is 0 Å². The van der Waals surface area contributed by atoms with Crippen molar-refractivity contribution in [3.8, 4) is 5.75 Å². The van der Waals surface area contributed by atoms with E-state index in [4.69, 9.17) is 4.74 Å². The monoisotopic (exact) mass is 253 g/mol. The first kappa shape index (κ1) is 12.2. The Morgan fingerprint density at radius 1 is 1.11 bits per heavy atom. The Labute approximate surface area is 114 Å². The van der Waals surface area contributed by atoms with Crippen molar-refractivity contribution in [1.29, 1.82) is 0 Å². The zero-order valence-electron chi connectivity index (χ0n) is 11.5. The molecule has 2 heteroatoms. The molecular formula is C17H19NO. The number of benzene rings is 2. The van der Waals surface area contributed by atoms with Gasteiger partial charge in [-0.3, -0.25) is 0 Å². The number of likely N-dealkylation sites (N-methyl/N-ethyl adjacent to an activating group) is 1. The average molecular weight is 253 g/mol. The molecule has 0 saturated carbocycles. The molecule has 0 bridgehead atoms. The first-order valence-corrected chi connectivity index (χ1v) is 6.68. The lowest BCUT2D eigenvalue weighted by molar-refractivity contribution is 0.294. The normalized spacial score (nSPS) is 18.9. The summed E-state index contributed by atoms with van der Waals surface area (Å²) in [6, 6.07) is 17.2. The van der Waals surface area contributed by atoms with Gasteiger partial charge in [0.1, 0.15) is 5.75 Å². The smallest absolute Gasteiger partial charge is 0.119 e. The van der Waals surface area contributed by atoms with Crippen molar-refractivity contribution >= 4 is 0 Å². The van der Waals surface area contributed by atoms with E-state index in [1.165, 1.54) is 16.7 Å². The molecule has 1 heterocycles. The Hall–Kier alpha value is -1.80. The van der Waals surface area contributed by atoms with E-state index in [1.807, 2.05) is 0 Å². The second kappa shape index (κ2) is 5.06. The average Bonchev–Trinajstić information content (AvgIpc) is 2.47. The Morgan fingerprint density at radius 2 is 1.89 bits per heavy atom. The van der Waals surface area contributed by atoms with Gasteiger partial charge >= 0.3 is 0 Å². The molecule has 0 N–H and O–H groups in total. The molecule has 98 valence electrons. The molecule has 1 aliphatic heterocycles. The summed E-state index contributed by atoms with van der Waals surface area (Å²) in [5, 5.41) is 0. The molecule has 0 amide bonds. The fraction of sp³-hybridized carbons (Fsp3) is 0.294. The van der Waals surface area contributed by atoms with Crippen LogP contribution in [0.1, 0.15) is 22.6 Å². The van der Waals surface area contributed by atoms with Gasteiger partial charge < -0.3 is 9.64 Å². The summed E-state index contributed by atoms with van der Waals surface area (Å²) in [5.74, 6) is 1.38. The van der Waals surface area contributed by atoms with Crippen molar-refractivity contribution < 1.29 is 4.74 Å². The molecule has 2 aromatic carbocycles. The van der Waals surface area contributed by atoms with E-state index >= 15 is 0 Å². The molecule has 3 rings (SSSR count). The van der Waals surface area contributed by atoms with Crippen LogP contribution < -0.4 is 4.74 Å². The van der Waals surface area contributed by atoms with Gasteiger partial charge in [-0.1, -0.05) is 36.4 Å². The molecule has 0 fully saturated rings. The molecular weight excluding hydrogens is 234 g/mol. The van der Waals surface area contributed by atoms with E-state index in [9.17, 15) is 0 Å². The Bertz CT molecular complexity index is 565. The van der Waals surface area contributed by atoms with Gasteiger partial charge in [0.15, 0.2) is 0 Å². The van der Waals surface area contributed by atoms with Crippen molar-refractivity contribution in [1.82, 2.24) is 4.90 Å². The van der Waals surface area contributed by atoms with Crippen LogP contribution in [0.25, 0.3) is 0 Å². The van der Waals surface area contributed by atoms with Gasteiger partial charge in [-0.25, -0.2) is 0 Å². The van der Waals surface area contributed by atoms with Crippen molar-refractivity contribution in [3.63, 3.8) is 0 Å². The van der Waals surface area contributed by atoms with Crippen molar-refractivity contribution in [2.24, 2.45) is 0 Å². The minimum atomic E-state index is 0.435. The zero-order chi connectivity index (χ0) is 13.2. The van der Waals surface area contributed by atoms with Gasteiger partial charge in [-0.05, 0) is 35.9 Å². The molecule has 0 aliphatic carbocycles. The summed E-state index contributed by atoms with van der Waals surface area (Å²) in [6.07, 6.45) is 0.